The Hall–Kier alpha value is -0.610. The molecule has 0 aromatic rings. The van der Waals surface area contributed by atoms with Gasteiger partial charge in [0.1, 0.15) is 5.78 Å². The first kappa shape index (κ1) is 14.9. The molecule has 5 heteroatoms. The molecule has 78 valence electrons. The number of alkyl halides is 1. The molecular weight excluding hydrogens is 194 g/mol. The van der Waals surface area contributed by atoms with E-state index in [1.165, 1.54) is 0 Å². The van der Waals surface area contributed by atoms with Gasteiger partial charge in [-0.25, -0.2) is 0 Å². The number of halogens is 1. The molecule has 0 aliphatic rings. The van der Waals surface area contributed by atoms with Crippen LogP contribution in [0, 0.1) is 0 Å². The fraction of sp³-hybridized carbons (Fsp3) is 0.750. The number of rotatable bonds is 4. The Bertz CT molecular complexity index is 157. The monoisotopic (exact) mass is 209 g/mol. The van der Waals surface area contributed by atoms with E-state index >= 15 is 0 Å². The zero-order valence-corrected chi connectivity index (χ0v) is 8.67. The molecule has 0 aromatic heterocycles. The highest BCUT2D eigenvalue weighted by Crippen LogP contribution is 1.87. The predicted octanol–water partition coefficient (Wildman–Crippen LogP) is 1.01. The van der Waals surface area contributed by atoms with Crippen molar-refractivity contribution in [3.05, 3.63) is 0 Å². The van der Waals surface area contributed by atoms with Gasteiger partial charge in [0.05, 0.1) is 13.0 Å². The second-order valence-electron chi connectivity index (χ2n) is 2.65. The number of carboxylic acids is 1. The molecule has 4 nitrogen and oxygen atoms in total. The number of hydrogen-bond donors (Lipinski definition) is 2. The van der Waals surface area contributed by atoms with Gasteiger partial charge < -0.3 is 10.8 Å². The molecule has 3 N–H and O–H groups in total. The predicted molar refractivity (Wildman–Crippen MR) is 51.9 cm³/mol. The highest BCUT2D eigenvalue weighted by molar-refractivity contribution is 6.20. The summed E-state index contributed by atoms with van der Waals surface area (Å²) < 4.78 is 0. The van der Waals surface area contributed by atoms with Crippen LogP contribution in [0.3, 0.4) is 0 Å². The van der Waals surface area contributed by atoms with E-state index in [2.05, 4.69) is 0 Å². The molecule has 0 saturated carbocycles. The first-order valence-electron chi connectivity index (χ1n) is 3.97. The van der Waals surface area contributed by atoms with E-state index in [-0.39, 0.29) is 25.2 Å². The third-order valence-electron chi connectivity index (χ3n) is 0.845. The molecule has 0 bridgehead atoms. The Kier molecular flexibility index (Phi) is 10.9. The molecule has 0 fully saturated rings. The summed E-state index contributed by atoms with van der Waals surface area (Å²) in [7, 11) is 0. The summed E-state index contributed by atoms with van der Waals surface area (Å²) in [5.41, 5.74) is 4.92. The summed E-state index contributed by atoms with van der Waals surface area (Å²) in [5.74, 6) is -1.17. The summed E-state index contributed by atoms with van der Waals surface area (Å²) >= 11 is 5.27. The van der Waals surface area contributed by atoms with Gasteiger partial charge in [0.15, 0.2) is 0 Å². The highest BCUT2D eigenvalue weighted by Gasteiger charge is 2.01. The molecule has 0 rings (SSSR count). The summed E-state index contributed by atoms with van der Waals surface area (Å²) in [5, 5.41) is 8.37. The molecular formula is C8H16ClNO3. The van der Waals surface area contributed by atoms with E-state index in [0.717, 1.165) is 0 Å². The van der Waals surface area contributed by atoms with Crippen LogP contribution in [0.15, 0.2) is 0 Å². The van der Waals surface area contributed by atoms with Gasteiger partial charge in [0.25, 0.3) is 0 Å². The molecule has 0 saturated heterocycles. The Labute approximate surface area is 83.1 Å². The van der Waals surface area contributed by atoms with E-state index in [1.54, 1.807) is 0 Å². The molecule has 0 aromatic carbocycles. The number of nitrogens with two attached hydrogens (primary N) is 1. The zero-order valence-electron chi connectivity index (χ0n) is 7.92. The van der Waals surface area contributed by atoms with Crippen molar-refractivity contribution in [1.29, 1.82) is 0 Å². The first-order valence-corrected chi connectivity index (χ1v) is 4.41. The standard InChI is InChI=1S/C5H9NO3.C3H7Cl/c6-3-4(7)1-2-5(8)9;1-3(2)4/h1-3,6H2,(H,8,9);3H,1-2H3. The third kappa shape index (κ3) is 24.6. The lowest BCUT2D eigenvalue weighted by molar-refractivity contribution is -0.138. The maximum atomic E-state index is 10.3. The molecule has 13 heavy (non-hydrogen) atoms. The van der Waals surface area contributed by atoms with Crippen LogP contribution in [0.25, 0.3) is 0 Å². The molecule has 0 unspecified atom stereocenters. The minimum Gasteiger partial charge on any atom is -0.481 e. The van der Waals surface area contributed by atoms with Gasteiger partial charge in [0.2, 0.25) is 0 Å². The fourth-order valence-corrected chi connectivity index (χ4v) is 0.348. The summed E-state index contributed by atoms with van der Waals surface area (Å²) in [6, 6.07) is 0. The number of aliphatic carboxylic acids is 1. The van der Waals surface area contributed by atoms with Crippen molar-refractivity contribution in [3.63, 3.8) is 0 Å². The Balaban J connectivity index is 0. The largest absolute Gasteiger partial charge is 0.481 e. The van der Waals surface area contributed by atoms with E-state index in [0.29, 0.717) is 5.38 Å². The number of carboxylic acid groups (broad SMARTS) is 1. The lowest BCUT2D eigenvalue weighted by Crippen LogP contribution is -2.14. The molecule has 0 heterocycles. The quantitative estimate of drug-likeness (QED) is 0.678. The van der Waals surface area contributed by atoms with Crippen molar-refractivity contribution in [2.24, 2.45) is 5.73 Å². The maximum absolute atomic E-state index is 10.3. The van der Waals surface area contributed by atoms with Crippen molar-refractivity contribution in [2.75, 3.05) is 6.54 Å². The number of carbonyl (C=O) groups is 2. The molecule has 0 aliphatic heterocycles. The molecule has 0 radical (unpaired) electrons. The van der Waals surface area contributed by atoms with Crippen LogP contribution in [0.1, 0.15) is 26.7 Å². The van der Waals surface area contributed by atoms with Crippen molar-refractivity contribution in [3.8, 4) is 0 Å². The van der Waals surface area contributed by atoms with Crippen molar-refractivity contribution in [2.45, 2.75) is 32.1 Å². The maximum Gasteiger partial charge on any atom is 0.303 e. The van der Waals surface area contributed by atoms with Crippen LogP contribution in [0.4, 0.5) is 0 Å². The number of ketones is 1. The van der Waals surface area contributed by atoms with Crippen molar-refractivity contribution in [1.82, 2.24) is 0 Å². The summed E-state index contributed by atoms with van der Waals surface area (Å²) in [6.45, 7) is 3.80. The molecule has 0 atom stereocenters. The average molecular weight is 210 g/mol. The number of carbonyl (C=O) groups excluding carboxylic acids is 1. The van der Waals surface area contributed by atoms with Crippen molar-refractivity contribution < 1.29 is 14.7 Å². The van der Waals surface area contributed by atoms with Crippen LogP contribution in [-0.4, -0.2) is 28.8 Å². The van der Waals surface area contributed by atoms with Crippen LogP contribution >= 0.6 is 11.6 Å². The first-order chi connectivity index (χ1) is 5.90. The van der Waals surface area contributed by atoms with Gasteiger partial charge in [-0.05, 0) is 13.8 Å². The van der Waals surface area contributed by atoms with E-state index in [4.69, 9.17) is 22.4 Å². The van der Waals surface area contributed by atoms with Crippen LogP contribution in [0.2, 0.25) is 0 Å². The van der Waals surface area contributed by atoms with Gasteiger partial charge in [-0.2, -0.15) is 0 Å². The van der Waals surface area contributed by atoms with E-state index in [1.807, 2.05) is 13.8 Å². The Morgan fingerprint density at radius 3 is 2.00 bits per heavy atom. The zero-order chi connectivity index (χ0) is 10.9. The van der Waals surface area contributed by atoms with Crippen LogP contribution in [-0.2, 0) is 9.59 Å². The number of Topliss-reactive ketones (excluding diaryl/α,β-unsaturated/α-hetero) is 1. The molecule has 0 spiro atoms. The Morgan fingerprint density at radius 2 is 1.77 bits per heavy atom. The minimum atomic E-state index is -0.961. The van der Waals surface area contributed by atoms with E-state index < -0.39 is 5.97 Å². The Morgan fingerprint density at radius 1 is 1.38 bits per heavy atom. The van der Waals surface area contributed by atoms with Gasteiger partial charge in [-0.3, -0.25) is 9.59 Å². The minimum absolute atomic E-state index is 0.0475. The second-order valence-corrected chi connectivity index (χ2v) is 3.52. The van der Waals surface area contributed by atoms with Gasteiger partial charge in [-0.1, -0.05) is 0 Å². The lowest BCUT2D eigenvalue weighted by Gasteiger charge is -1.90. The topological polar surface area (TPSA) is 80.4 Å². The highest BCUT2D eigenvalue weighted by atomic mass is 35.5. The smallest absolute Gasteiger partial charge is 0.303 e. The second kappa shape index (κ2) is 9.48. The molecule has 0 amide bonds. The summed E-state index contributed by atoms with van der Waals surface area (Å²) in [4.78, 5) is 20.2. The molecule has 0 aliphatic carbocycles. The van der Waals surface area contributed by atoms with E-state index in [9.17, 15) is 9.59 Å². The van der Waals surface area contributed by atoms with Gasteiger partial charge in [-0.15, -0.1) is 11.6 Å². The van der Waals surface area contributed by atoms with Gasteiger partial charge >= 0.3 is 5.97 Å². The SMILES string of the molecule is CC(C)Cl.NCC(=O)CCC(=O)O. The normalized spacial score (nSPS) is 9.00. The number of hydrogen-bond acceptors (Lipinski definition) is 3. The van der Waals surface area contributed by atoms with Gasteiger partial charge in [0, 0.05) is 11.8 Å². The summed E-state index contributed by atoms with van der Waals surface area (Å²) in [6.07, 6.45) is -0.0676. The van der Waals surface area contributed by atoms with Crippen LogP contribution < -0.4 is 5.73 Å². The third-order valence-corrected chi connectivity index (χ3v) is 0.845. The fourth-order valence-electron chi connectivity index (χ4n) is 0.348. The average Bonchev–Trinajstić information content (AvgIpc) is 1.99. The van der Waals surface area contributed by atoms with Crippen LogP contribution in [0.5, 0.6) is 0 Å². The van der Waals surface area contributed by atoms with Crippen molar-refractivity contribution >= 4 is 23.4 Å². The lowest BCUT2D eigenvalue weighted by atomic mass is 10.2.